The van der Waals surface area contributed by atoms with Crippen LogP contribution in [0.1, 0.15) is 19.3 Å². The van der Waals surface area contributed by atoms with Crippen molar-refractivity contribution in [1.82, 2.24) is 4.90 Å². The Morgan fingerprint density at radius 1 is 1.33 bits per heavy atom. The minimum Gasteiger partial charge on any atom is -0.480 e. The van der Waals surface area contributed by atoms with Gasteiger partial charge in [0.15, 0.2) is 0 Å². The molecule has 0 aromatic heterocycles. The van der Waals surface area contributed by atoms with Gasteiger partial charge in [-0.3, -0.25) is 14.5 Å². The van der Waals surface area contributed by atoms with Gasteiger partial charge >= 0.3 is 5.97 Å². The van der Waals surface area contributed by atoms with Gasteiger partial charge in [-0.1, -0.05) is 29.3 Å². The molecule has 1 atom stereocenters. The highest BCUT2D eigenvalue weighted by Crippen LogP contribution is 2.29. The van der Waals surface area contributed by atoms with E-state index < -0.39 is 12.0 Å². The number of carbonyl (C=O) groups excluding carboxylic acids is 1. The Morgan fingerprint density at radius 2 is 2.00 bits per heavy atom. The lowest BCUT2D eigenvalue weighted by Gasteiger charge is -2.20. The average molecular weight is 331 g/mol. The van der Waals surface area contributed by atoms with Crippen molar-refractivity contribution in [1.29, 1.82) is 0 Å². The molecule has 1 aromatic carbocycles. The summed E-state index contributed by atoms with van der Waals surface area (Å²) in [4.78, 5) is 24.8. The smallest absolute Gasteiger partial charge is 0.320 e. The molecule has 1 aliphatic rings. The molecular weight excluding hydrogens is 315 g/mol. The summed E-state index contributed by atoms with van der Waals surface area (Å²) >= 11 is 12.0. The number of rotatable bonds is 5. The predicted octanol–water partition coefficient (Wildman–Crippen LogP) is 2.87. The van der Waals surface area contributed by atoms with Crippen LogP contribution in [-0.2, 0) is 9.59 Å². The molecule has 2 N–H and O–H groups in total. The summed E-state index contributed by atoms with van der Waals surface area (Å²) in [5.74, 6) is -1.07. The Morgan fingerprint density at radius 3 is 2.62 bits per heavy atom. The van der Waals surface area contributed by atoms with Gasteiger partial charge in [0.25, 0.3) is 0 Å². The molecule has 1 amide bonds. The first-order chi connectivity index (χ1) is 9.99. The maximum atomic E-state index is 11.9. The normalized spacial score (nSPS) is 18.7. The van der Waals surface area contributed by atoms with Crippen molar-refractivity contribution in [2.75, 3.05) is 18.4 Å². The highest BCUT2D eigenvalue weighted by molar-refractivity contribution is 6.39. The number of nitrogens with one attached hydrogen (secondary N) is 1. The summed E-state index contributed by atoms with van der Waals surface area (Å²) in [7, 11) is 0. The highest BCUT2D eigenvalue weighted by atomic mass is 35.5. The van der Waals surface area contributed by atoms with Crippen LogP contribution < -0.4 is 5.32 Å². The molecule has 1 aromatic rings. The van der Waals surface area contributed by atoms with Crippen molar-refractivity contribution in [3.8, 4) is 0 Å². The first-order valence-electron chi connectivity index (χ1n) is 6.69. The fourth-order valence-corrected chi connectivity index (χ4v) is 2.93. The van der Waals surface area contributed by atoms with E-state index in [-0.39, 0.29) is 12.3 Å². The summed E-state index contributed by atoms with van der Waals surface area (Å²) in [5, 5.41) is 12.5. The second-order valence-corrected chi connectivity index (χ2v) is 5.74. The molecule has 1 aliphatic heterocycles. The van der Waals surface area contributed by atoms with Crippen LogP contribution in [0.4, 0.5) is 5.69 Å². The number of amides is 1. The molecule has 21 heavy (non-hydrogen) atoms. The van der Waals surface area contributed by atoms with Crippen molar-refractivity contribution in [3.05, 3.63) is 28.2 Å². The standard InChI is InChI=1S/C14H16Cl2N2O3/c15-9-3-1-4-10(16)13(9)17-12(19)6-8-18-7-2-5-11(18)14(20)21/h1,3-4,11H,2,5-8H2,(H,17,19)(H,20,21). The van der Waals surface area contributed by atoms with E-state index in [9.17, 15) is 9.59 Å². The summed E-state index contributed by atoms with van der Waals surface area (Å²) in [6.07, 6.45) is 1.67. The first kappa shape index (κ1) is 16.1. The van der Waals surface area contributed by atoms with E-state index in [1.807, 2.05) is 4.90 Å². The average Bonchev–Trinajstić information content (AvgIpc) is 2.89. The lowest BCUT2D eigenvalue weighted by Crippen LogP contribution is -2.37. The van der Waals surface area contributed by atoms with Gasteiger partial charge in [-0.2, -0.15) is 0 Å². The number of likely N-dealkylation sites (tertiary alicyclic amines) is 1. The maximum absolute atomic E-state index is 11.9. The molecule has 5 nitrogen and oxygen atoms in total. The first-order valence-corrected chi connectivity index (χ1v) is 7.45. The molecule has 0 spiro atoms. The number of para-hydroxylation sites is 1. The van der Waals surface area contributed by atoms with Crippen LogP contribution in [0.3, 0.4) is 0 Å². The van der Waals surface area contributed by atoms with E-state index in [2.05, 4.69) is 5.32 Å². The van der Waals surface area contributed by atoms with Crippen LogP contribution in [-0.4, -0.2) is 41.0 Å². The SMILES string of the molecule is O=C(CCN1CCCC1C(=O)O)Nc1c(Cl)cccc1Cl. The highest BCUT2D eigenvalue weighted by Gasteiger charge is 2.30. The van der Waals surface area contributed by atoms with Gasteiger partial charge in [-0.05, 0) is 31.5 Å². The predicted molar refractivity (Wildman–Crippen MR) is 81.9 cm³/mol. The number of hydrogen-bond donors (Lipinski definition) is 2. The topological polar surface area (TPSA) is 69.6 Å². The van der Waals surface area contributed by atoms with Gasteiger partial charge in [0.1, 0.15) is 6.04 Å². The van der Waals surface area contributed by atoms with Crippen molar-refractivity contribution in [2.45, 2.75) is 25.3 Å². The summed E-state index contributed by atoms with van der Waals surface area (Å²) in [6, 6.07) is 4.50. The number of benzene rings is 1. The number of nitrogens with zero attached hydrogens (tertiary/aromatic N) is 1. The number of aliphatic carboxylic acids is 1. The van der Waals surface area contributed by atoms with Gasteiger partial charge in [0.2, 0.25) is 5.91 Å². The third-order valence-corrected chi connectivity index (χ3v) is 4.13. The number of anilines is 1. The van der Waals surface area contributed by atoms with Gasteiger partial charge in [0.05, 0.1) is 15.7 Å². The zero-order chi connectivity index (χ0) is 15.4. The third-order valence-electron chi connectivity index (χ3n) is 3.50. The number of carboxylic acids is 1. The number of halogens is 2. The zero-order valence-corrected chi connectivity index (χ0v) is 12.8. The summed E-state index contributed by atoms with van der Waals surface area (Å²) in [6.45, 7) is 1.11. The van der Waals surface area contributed by atoms with Crippen molar-refractivity contribution < 1.29 is 14.7 Å². The van der Waals surface area contributed by atoms with E-state index in [1.165, 1.54) is 0 Å². The lowest BCUT2D eigenvalue weighted by molar-refractivity contribution is -0.142. The fraction of sp³-hybridized carbons (Fsp3) is 0.429. The molecule has 0 bridgehead atoms. The Bertz CT molecular complexity index is 531. The van der Waals surface area contributed by atoms with Crippen molar-refractivity contribution in [2.24, 2.45) is 0 Å². The zero-order valence-electron chi connectivity index (χ0n) is 11.3. The molecule has 0 aliphatic carbocycles. The molecule has 0 radical (unpaired) electrons. The third kappa shape index (κ3) is 4.09. The van der Waals surface area contributed by atoms with E-state index in [4.69, 9.17) is 28.3 Å². The lowest BCUT2D eigenvalue weighted by atomic mass is 10.2. The van der Waals surface area contributed by atoms with Crippen molar-refractivity contribution in [3.63, 3.8) is 0 Å². The summed E-state index contributed by atoms with van der Waals surface area (Å²) in [5.41, 5.74) is 0.391. The largest absolute Gasteiger partial charge is 0.480 e. The Balaban J connectivity index is 1.89. The monoisotopic (exact) mass is 330 g/mol. The molecule has 2 rings (SSSR count). The molecule has 1 fully saturated rings. The number of carboxylic acid groups (broad SMARTS) is 1. The van der Waals surface area contributed by atoms with Gasteiger partial charge in [0, 0.05) is 13.0 Å². The number of carbonyl (C=O) groups is 2. The second-order valence-electron chi connectivity index (χ2n) is 4.93. The van der Waals surface area contributed by atoms with Crippen molar-refractivity contribution >= 4 is 40.8 Å². The number of hydrogen-bond acceptors (Lipinski definition) is 3. The molecule has 7 heteroatoms. The van der Waals surface area contributed by atoms with E-state index in [0.29, 0.717) is 35.2 Å². The van der Waals surface area contributed by atoms with E-state index >= 15 is 0 Å². The fourth-order valence-electron chi connectivity index (χ4n) is 2.44. The molecule has 0 saturated carbocycles. The Kier molecular flexibility index (Phi) is 5.45. The molecule has 1 unspecified atom stereocenters. The van der Waals surface area contributed by atoms with Crippen LogP contribution in [0, 0.1) is 0 Å². The molecular formula is C14H16Cl2N2O3. The van der Waals surface area contributed by atoms with Crippen LogP contribution in [0.5, 0.6) is 0 Å². The van der Waals surface area contributed by atoms with Gasteiger partial charge in [-0.15, -0.1) is 0 Å². The maximum Gasteiger partial charge on any atom is 0.320 e. The Hall–Kier alpha value is -1.30. The van der Waals surface area contributed by atoms with E-state index in [0.717, 1.165) is 6.42 Å². The van der Waals surface area contributed by atoms with E-state index in [1.54, 1.807) is 18.2 Å². The molecule has 114 valence electrons. The quantitative estimate of drug-likeness (QED) is 0.870. The second kappa shape index (κ2) is 7.11. The van der Waals surface area contributed by atoms with Crippen LogP contribution in [0.25, 0.3) is 0 Å². The van der Waals surface area contributed by atoms with Gasteiger partial charge < -0.3 is 10.4 Å². The van der Waals surface area contributed by atoms with Crippen LogP contribution in [0.2, 0.25) is 10.0 Å². The van der Waals surface area contributed by atoms with Gasteiger partial charge in [-0.25, -0.2) is 0 Å². The van der Waals surface area contributed by atoms with Crippen LogP contribution in [0.15, 0.2) is 18.2 Å². The van der Waals surface area contributed by atoms with Crippen LogP contribution >= 0.6 is 23.2 Å². The summed E-state index contributed by atoms with van der Waals surface area (Å²) < 4.78 is 0. The minimum absolute atomic E-state index is 0.200. The Labute approximate surface area is 132 Å². The molecule has 1 heterocycles. The molecule has 1 saturated heterocycles. The minimum atomic E-state index is -0.831.